The Morgan fingerprint density at radius 3 is 2.66 bits per heavy atom. The summed E-state index contributed by atoms with van der Waals surface area (Å²) in [5, 5.41) is 11.0. The van der Waals surface area contributed by atoms with Gasteiger partial charge in [0.1, 0.15) is 5.82 Å². The molecule has 2 atom stereocenters. The van der Waals surface area contributed by atoms with E-state index in [9.17, 15) is 4.39 Å². The molecule has 5 nitrogen and oxygen atoms in total. The molecule has 0 amide bonds. The van der Waals surface area contributed by atoms with Crippen LogP contribution < -0.4 is 10.6 Å². The molecule has 1 heterocycles. The van der Waals surface area contributed by atoms with Crippen LogP contribution in [0.25, 0.3) is 5.69 Å². The molecule has 0 saturated heterocycles. The molecule has 0 bridgehead atoms. The zero-order valence-electron chi connectivity index (χ0n) is 16.3. The second-order valence-corrected chi connectivity index (χ2v) is 6.98. The Morgan fingerprint density at radius 1 is 1.17 bits per heavy atom. The number of aromatic nitrogens is 2. The molecular formula is C22H25FIN5. The highest BCUT2D eigenvalue weighted by atomic mass is 127. The first-order chi connectivity index (χ1) is 13.7. The molecule has 1 aliphatic carbocycles. The van der Waals surface area contributed by atoms with Crippen LogP contribution in [0, 0.1) is 5.82 Å². The molecule has 1 aliphatic rings. The smallest absolute Gasteiger partial charge is 0.191 e. The standard InChI is InChI=1S/C22H24FN5.HI/c1-24-22(27-21-15-19(21)18-5-2-3-6-20(18)23)25-13-11-16-7-9-17(10-8-16)28-14-4-12-26-28;/h2-10,12,14,19,21H,11,13,15H2,1H3,(H2,24,25,27);1H. The van der Waals surface area contributed by atoms with Crippen molar-refractivity contribution in [1.82, 2.24) is 20.4 Å². The Morgan fingerprint density at radius 2 is 1.97 bits per heavy atom. The molecule has 29 heavy (non-hydrogen) atoms. The van der Waals surface area contributed by atoms with E-state index in [0.717, 1.165) is 36.6 Å². The Labute approximate surface area is 187 Å². The van der Waals surface area contributed by atoms with Gasteiger partial charge >= 0.3 is 0 Å². The Bertz CT molecular complexity index is 940. The van der Waals surface area contributed by atoms with Crippen LogP contribution in [0.4, 0.5) is 4.39 Å². The van der Waals surface area contributed by atoms with Gasteiger partial charge in [-0.15, -0.1) is 24.0 Å². The third kappa shape index (κ3) is 5.35. The topological polar surface area (TPSA) is 54.2 Å². The van der Waals surface area contributed by atoms with Gasteiger partial charge in [-0.1, -0.05) is 30.3 Å². The number of nitrogens with one attached hydrogen (secondary N) is 2. The van der Waals surface area contributed by atoms with Gasteiger partial charge < -0.3 is 10.6 Å². The highest BCUT2D eigenvalue weighted by Crippen LogP contribution is 2.41. The fourth-order valence-corrected chi connectivity index (χ4v) is 3.41. The Kier molecular flexibility index (Phi) is 7.24. The van der Waals surface area contributed by atoms with Crippen molar-refractivity contribution in [3.63, 3.8) is 0 Å². The zero-order chi connectivity index (χ0) is 19.3. The summed E-state index contributed by atoms with van der Waals surface area (Å²) in [6, 6.07) is 17.5. The van der Waals surface area contributed by atoms with Gasteiger partial charge in [-0.05, 0) is 48.2 Å². The summed E-state index contributed by atoms with van der Waals surface area (Å²) < 4.78 is 15.7. The molecule has 1 aromatic heterocycles. The molecular weight excluding hydrogens is 480 g/mol. The largest absolute Gasteiger partial charge is 0.356 e. The summed E-state index contributed by atoms with van der Waals surface area (Å²) in [5.41, 5.74) is 3.08. The lowest BCUT2D eigenvalue weighted by Crippen LogP contribution is -2.39. The Hall–Kier alpha value is -2.42. The van der Waals surface area contributed by atoms with Crippen LogP contribution in [0.2, 0.25) is 0 Å². The van der Waals surface area contributed by atoms with Gasteiger partial charge in [-0.2, -0.15) is 5.10 Å². The van der Waals surface area contributed by atoms with Crippen molar-refractivity contribution >= 4 is 29.9 Å². The van der Waals surface area contributed by atoms with E-state index in [1.165, 1.54) is 11.6 Å². The predicted molar refractivity (Wildman–Crippen MR) is 125 cm³/mol. The van der Waals surface area contributed by atoms with E-state index < -0.39 is 0 Å². The number of guanidine groups is 1. The van der Waals surface area contributed by atoms with Gasteiger partial charge in [-0.25, -0.2) is 9.07 Å². The van der Waals surface area contributed by atoms with Gasteiger partial charge in [0, 0.05) is 37.9 Å². The van der Waals surface area contributed by atoms with Crippen molar-refractivity contribution < 1.29 is 4.39 Å². The highest BCUT2D eigenvalue weighted by molar-refractivity contribution is 14.0. The quantitative estimate of drug-likeness (QED) is 0.304. The molecule has 2 N–H and O–H groups in total. The van der Waals surface area contributed by atoms with Gasteiger partial charge in [-0.3, -0.25) is 4.99 Å². The third-order valence-corrected chi connectivity index (χ3v) is 5.05. The summed E-state index contributed by atoms with van der Waals surface area (Å²) in [6.07, 6.45) is 5.52. The number of hydrogen-bond acceptors (Lipinski definition) is 2. The molecule has 152 valence electrons. The van der Waals surface area contributed by atoms with Crippen LogP contribution in [-0.4, -0.2) is 35.4 Å². The van der Waals surface area contributed by atoms with Crippen LogP contribution in [0.3, 0.4) is 0 Å². The number of halogens is 2. The maximum atomic E-state index is 13.9. The molecule has 0 radical (unpaired) electrons. The first kappa shape index (κ1) is 21.3. The fraction of sp³-hybridized carbons (Fsp3) is 0.273. The van der Waals surface area contributed by atoms with E-state index in [1.807, 2.05) is 29.1 Å². The fourth-order valence-electron chi connectivity index (χ4n) is 3.41. The van der Waals surface area contributed by atoms with Crippen molar-refractivity contribution in [2.75, 3.05) is 13.6 Å². The minimum Gasteiger partial charge on any atom is -0.356 e. The first-order valence-electron chi connectivity index (χ1n) is 9.55. The number of aliphatic imine (C=N–C) groups is 1. The molecule has 1 fully saturated rings. The SMILES string of the molecule is CN=C(NCCc1ccc(-n2cccn2)cc1)NC1CC1c1ccccc1F.I. The third-order valence-electron chi connectivity index (χ3n) is 5.05. The maximum Gasteiger partial charge on any atom is 0.191 e. The van der Waals surface area contributed by atoms with Crippen LogP contribution in [-0.2, 0) is 6.42 Å². The van der Waals surface area contributed by atoms with Crippen molar-refractivity contribution in [3.8, 4) is 5.69 Å². The zero-order valence-corrected chi connectivity index (χ0v) is 18.6. The van der Waals surface area contributed by atoms with Gasteiger partial charge in [0.2, 0.25) is 0 Å². The van der Waals surface area contributed by atoms with Crippen molar-refractivity contribution in [2.24, 2.45) is 4.99 Å². The predicted octanol–water partition coefficient (Wildman–Crippen LogP) is 3.89. The van der Waals surface area contributed by atoms with Crippen molar-refractivity contribution in [1.29, 1.82) is 0 Å². The van der Waals surface area contributed by atoms with E-state index in [1.54, 1.807) is 19.3 Å². The Balaban J connectivity index is 0.00000240. The molecule has 4 rings (SSSR count). The average molecular weight is 505 g/mol. The molecule has 2 aromatic carbocycles. The first-order valence-corrected chi connectivity index (χ1v) is 9.55. The van der Waals surface area contributed by atoms with Gasteiger partial charge in [0.15, 0.2) is 5.96 Å². The average Bonchev–Trinajstić information content (AvgIpc) is 3.25. The van der Waals surface area contributed by atoms with Crippen LogP contribution >= 0.6 is 24.0 Å². The molecule has 0 aliphatic heterocycles. The lowest BCUT2D eigenvalue weighted by atomic mass is 10.1. The summed E-state index contributed by atoms with van der Waals surface area (Å²) in [5.74, 6) is 0.852. The van der Waals surface area contributed by atoms with E-state index >= 15 is 0 Å². The summed E-state index contributed by atoms with van der Waals surface area (Å²) in [6.45, 7) is 0.776. The minimum atomic E-state index is -0.127. The summed E-state index contributed by atoms with van der Waals surface area (Å²) >= 11 is 0. The molecule has 7 heteroatoms. The number of rotatable bonds is 6. The number of hydrogen-bond donors (Lipinski definition) is 2. The summed E-state index contributed by atoms with van der Waals surface area (Å²) in [7, 11) is 1.76. The van der Waals surface area contributed by atoms with E-state index in [4.69, 9.17) is 0 Å². The van der Waals surface area contributed by atoms with Crippen LogP contribution in [0.1, 0.15) is 23.5 Å². The highest BCUT2D eigenvalue weighted by Gasteiger charge is 2.40. The van der Waals surface area contributed by atoms with Crippen molar-refractivity contribution in [2.45, 2.75) is 24.8 Å². The van der Waals surface area contributed by atoms with Crippen LogP contribution in [0.5, 0.6) is 0 Å². The number of nitrogens with zero attached hydrogens (tertiary/aromatic N) is 3. The lowest BCUT2D eigenvalue weighted by Gasteiger charge is -2.12. The molecule has 0 spiro atoms. The van der Waals surface area contributed by atoms with E-state index in [0.29, 0.717) is 0 Å². The summed E-state index contributed by atoms with van der Waals surface area (Å²) in [4.78, 5) is 4.29. The lowest BCUT2D eigenvalue weighted by molar-refractivity contribution is 0.607. The second-order valence-electron chi connectivity index (χ2n) is 6.98. The number of benzene rings is 2. The van der Waals surface area contributed by atoms with Gasteiger partial charge in [0.25, 0.3) is 0 Å². The van der Waals surface area contributed by atoms with Gasteiger partial charge in [0.05, 0.1) is 5.69 Å². The van der Waals surface area contributed by atoms with E-state index in [-0.39, 0.29) is 41.8 Å². The monoisotopic (exact) mass is 505 g/mol. The normalized spacial score (nSPS) is 18.1. The van der Waals surface area contributed by atoms with E-state index in [2.05, 4.69) is 45.0 Å². The van der Waals surface area contributed by atoms with Crippen molar-refractivity contribution in [3.05, 3.63) is 83.9 Å². The molecule has 3 aromatic rings. The molecule has 1 saturated carbocycles. The minimum absolute atomic E-state index is 0. The maximum absolute atomic E-state index is 13.9. The van der Waals surface area contributed by atoms with Crippen LogP contribution in [0.15, 0.2) is 72.0 Å². The second kappa shape index (κ2) is 9.87. The molecule has 2 unspecified atom stereocenters.